The van der Waals surface area contributed by atoms with Gasteiger partial charge in [0, 0.05) is 24.9 Å². The zero-order valence-corrected chi connectivity index (χ0v) is 17.9. The van der Waals surface area contributed by atoms with Crippen LogP contribution in [0.4, 0.5) is 0 Å². The van der Waals surface area contributed by atoms with E-state index in [1.165, 1.54) is 49.5 Å². The molecular formula is C18H16Cl3NO5S. The van der Waals surface area contributed by atoms with Gasteiger partial charge in [-0.3, -0.25) is 4.79 Å². The predicted octanol–water partition coefficient (Wildman–Crippen LogP) is 3.21. The van der Waals surface area contributed by atoms with Crippen LogP contribution in [0.15, 0.2) is 70.8 Å². The Morgan fingerprint density at radius 1 is 1.18 bits per heavy atom. The number of rotatable bonds is 5. The van der Waals surface area contributed by atoms with Crippen LogP contribution in [0, 0.1) is 0 Å². The highest BCUT2D eigenvalue weighted by Crippen LogP contribution is 2.37. The van der Waals surface area contributed by atoms with E-state index in [2.05, 4.69) is 4.74 Å². The van der Waals surface area contributed by atoms with Crippen LogP contribution in [0.25, 0.3) is 0 Å². The SMILES string of the molecule is COC(=O)/C=C/C1=CN(C)C(S(=O)(=O)c2ccccc2)C(C(=O)C(Cl)(Cl)Cl)=C1. The Balaban J connectivity index is 2.58. The Bertz CT molecular complexity index is 963. The fourth-order valence-corrected chi connectivity index (χ4v) is 4.73. The van der Waals surface area contributed by atoms with E-state index in [1.54, 1.807) is 18.2 Å². The number of ether oxygens (including phenoxy) is 1. The number of hydrogen-bond acceptors (Lipinski definition) is 6. The molecule has 1 aliphatic rings. The van der Waals surface area contributed by atoms with Crippen LogP contribution >= 0.6 is 34.8 Å². The van der Waals surface area contributed by atoms with Crippen molar-refractivity contribution >= 4 is 56.4 Å². The van der Waals surface area contributed by atoms with Crippen molar-refractivity contribution < 1.29 is 22.7 Å². The first-order valence-corrected chi connectivity index (χ1v) is 10.5. The van der Waals surface area contributed by atoms with Crippen LogP contribution in [-0.2, 0) is 24.2 Å². The molecule has 2 rings (SSSR count). The molecule has 0 fully saturated rings. The molecule has 150 valence electrons. The number of nitrogens with zero attached hydrogens (tertiary/aromatic N) is 1. The van der Waals surface area contributed by atoms with Crippen LogP contribution in [0.5, 0.6) is 0 Å². The summed E-state index contributed by atoms with van der Waals surface area (Å²) in [5.74, 6) is -1.60. The third-order valence-electron chi connectivity index (χ3n) is 3.81. The quantitative estimate of drug-likeness (QED) is 0.378. The van der Waals surface area contributed by atoms with Crippen molar-refractivity contribution in [2.45, 2.75) is 14.1 Å². The fourth-order valence-electron chi connectivity index (χ4n) is 2.60. The van der Waals surface area contributed by atoms with Crippen LogP contribution in [0.2, 0.25) is 0 Å². The standard InChI is InChI=1S/C18H16Cl3NO5S/c1-22-11-12(8-9-15(23)27-2)10-14(16(24)18(19,20)21)17(22)28(25,26)13-6-4-3-5-7-13/h3-11,17H,1-2H3/b9-8+. The van der Waals surface area contributed by atoms with Gasteiger partial charge in [0.05, 0.1) is 12.0 Å². The van der Waals surface area contributed by atoms with Crippen molar-refractivity contribution in [3.8, 4) is 0 Å². The van der Waals surface area contributed by atoms with Gasteiger partial charge < -0.3 is 9.64 Å². The third-order valence-corrected chi connectivity index (χ3v) is 6.43. The first-order chi connectivity index (χ1) is 13.0. The topological polar surface area (TPSA) is 80.8 Å². The summed E-state index contributed by atoms with van der Waals surface area (Å²) in [6.45, 7) is 0. The lowest BCUT2D eigenvalue weighted by Gasteiger charge is -2.32. The lowest BCUT2D eigenvalue weighted by atomic mass is 10.0. The highest BCUT2D eigenvalue weighted by atomic mass is 35.6. The molecule has 1 unspecified atom stereocenters. The summed E-state index contributed by atoms with van der Waals surface area (Å²) < 4.78 is 28.5. The number of esters is 1. The summed E-state index contributed by atoms with van der Waals surface area (Å²) in [7, 11) is -1.34. The molecule has 1 aromatic rings. The number of carbonyl (C=O) groups is 2. The summed E-state index contributed by atoms with van der Waals surface area (Å²) in [4.78, 5) is 25.3. The first-order valence-electron chi connectivity index (χ1n) is 7.80. The molecule has 0 N–H and O–H groups in total. The fraction of sp³-hybridized carbons (Fsp3) is 0.222. The molecule has 1 aliphatic heterocycles. The molecule has 10 heteroatoms. The number of ketones is 1. The minimum absolute atomic E-state index is 0.0109. The number of sulfone groups is 1. The number of allylic oxidation sites excluding steroid dienone is 3. The summed E-state index contributed by atoms with van der Waals surface area (Å²) in [6, 6.07) is 7.63. The largest absolute Gasteiger partial charge is 0.466 e. The molecule has 0 amide bonds. The zero-order valence-electron chi connectivity index (χ0n) is 14.8. The number of benzene rings is 1. The minimum Gasteiger partial charge on any atom is -0.466 e. The van der Waals surface area contributed by atoms with Gasteiger partial charge in [0.25, 0.3) is 3.79 Å². The van der Waals surface area contributed by atoms with Crippen LogP contribution in [-0.4, -0.2) is 48.4 Å². The van der Waals surface area contributed by atoms with E-state index < -0.39 is 30.8 Å². The Hall–Kier alpha value is -1.80. The van der Waals surface area contributed by atoms with Crippen LogP contribution in [0.1, 0.15) is 0 Å². The lowest BCUT2D eigenvalue weighted by molar-refractivity contribution is -0.134. The van der Waals surface area contributed by atoms with Crippen molar-refractivity contribution in [2.24, 2.45) is 0 Å². The van der Waals surface area contributed by atoms with E-state index in [0.717, 1.165) is 6.08 Å². The number of hydrogen-bond donors (Lipinski definition) is 0. The molecule has 0 bridgehead atoms. The van der Waals surface area contributed by atoms with E-state index in [1.807, 2.05) is 0 Å². The molecular weight excluding hydrogens is 449 g/mol. The summed E-state index contributed by atoms with van der Waals surface area (Å²) in [5.41, 5.74) is 0.114. The first kappa shape index (κ1) is 22.5. The normalized spacial score (nSPS) is 17.9. The van der Waals surface area contributed by atoms with Gasteiger partial charge in [-0.25, -0.2) is 13.2 Å². The second-order valence-corrected chi connectivity index (χ2v) is 10.1. The molecule has 0 aromatic heterocycles. The Kier molecular flexibility index (Phi) is 6.98. The maximum atomic E-state index is 13.2. The van der Waals surface area contributed by atoms with Crippen molar-refractivity contribution in [1.29, 1.82) is 0 Å². The molecule has 0 saturated carbocycles. The Morgan fingerprint density at radius 3 is 2.32 bits per heavy atom. The van der Waals surface area contributed by atoms with Crippen molar-refractivity contribution in [3.63, 3.8) is 0 Å². The zero-order chi connectivity index (χ0) is 21.1. The summed E-state index contributed by atoms with van der Waals surface area (Å²) >= 11 is 17.2. The Morgan fingerprint density at radius 2 is 1.79 bits per heavy atom. The second kappa shape index (κ2) is 8.69. The average molecular weight is 465 g/mol. The van der Waals surface area contributed by atoms with E-state index in [9.17, 15) is 18.0 Å². The van der Waals surface area contributed by atoms with Gasteiger partial charge in [0.15, 0.2) is 5.37 Å². The summed E-state index contributed by atoms with van der Waals surface area (Å²) in [6.07, 6.45) is 5.22. The smallest absolute Gasteiger partial charge is 0.330 e. The van der Waals surface area contributed by atoms with E-state index >= 15 is 0 Å². The van der Waals surface area contributed by atoms with Crippen LogP contribution < -0.4 is 0 Å². The molecule has 1 atom stereocenters. The van der Waals surface area contributed by atoms with Gasteiger partial charge in [-0.15, -0.1) is 0 Å². The highest BCUT2D eigenvalue weighted by Gasteiger charge is 2.44. The number of methoxy groups -OCH3 is 1. The molecule has 1 aromatic carbocycles. The van der Waals surface area contributed by atoms with Gasteiger partial charge in [-0.05, 0) is 29.9 Å². The molecule has 0 radical (unpaired) electrons. The molecule has 28 heavy (non-hydrogen) atoms. The maximum absolute atomic E-state index is 13.2. The van der Waals surface area contributed by atoms with E-state index in [0.29, 0.717) is 5.57 Å². The number of halogens is 3. The van der Waals surface area contributed by atoms with Gasteiger partial charge >= 0.3 is 5.97 Å². The maximum Gasteiger partial charge on any atom is 0.330 e. The van der Waals surface area contributed by atoms with Crippen molar-refractivity contribution in [1.82, 2.24) is 4.90 Å². The Labute approximate surface area is 177 Å². The van der Waals surface area contributed by atoms with Gasteiger partial charge in [0.2, 0.25) is 15.6 Å². The second-order valence-electron chi connectivity index (χ2n) is 5.79. The molecule has 0 saturated heterocycles. The van der Waals surface area contributed by atoms with Gasteiger partial charge in [-0.1, -0.05) is 53.0 Å². The monoisotopic (exact) mass is 463 g/mol. The number of likely N-dealkylation sites (N-methyl/N-ethyl adjacent to an activating group) is 1. The third kappa shape index (κ3) is 4.97. The van der Waals surface area contributed by atoms with E-state index in [-0.39, 0.29) is 10.5 Å². The average Bonchev–Trinajstić information content (AvgIpc) is 2.64. The van der Waals surface area contributed by atoms with Gasteiger partial charge in [0.1, 0.15) is 0 Å². The predicted molar refractivity (Wildman–Crippen MR) is 108 cm³/mol. The molecule has 6 nitrogen and oxygen atoms in total. The number of Topliss-reactive ketones (excluding diaryl/α,β-unsaturated/α-hetero) is 1. The molecule has 1 heterocycles. The number of carbonyl (C=O) groups excluding carboxylic acids is 2. The lowest BCUT2D eigenvalue weighted by Crippen LogP contribution is -2.43. The summed E-state index contributed by atoms with van der Waals surface area (Å²) in [5, 5.41) is -1.41. The van der Waals surface area contributed by atoms with Crippen molar-refractivity contribution in [2.75, 3.05) is 14.2 Å². The van der Waals surface area contributed by atoms with E-state index in [4.69, 9.17) is 34.8 Å². The van der Waals surface area contributed by atoms with Crippen molar-refractivity contribution in [3.05, 3.63) is 65.9 Å². The minimum atomic E-state index is -4.02. The number of alkyl halides is 3. The van der Waals surface area contributed by atoms with Gasteiger partial charge in [-0.2, -0.15) is 0 Å². The van der Waals surface area contributed by atoms with Crippen LogP contribution in [0.3, 0.4) is 0 Å². The highest BCUT2D eigenvalue weighted by molar-refractivity contribution is 7.92. The molecule has 0 aliphatic carbocycles. The molecule has 0 spiro atoms.